The van der Waals surface area contributed by atoms with E-state index in [1.54, 1.807) is 23.3 Å². The minimum absolute atomic E-state index is 0.565. The lowest BCUT2D eigenvalue weighted by molar-refractivity contribution is -0.124. The molecule has 0 aliphatic heterocycles. The van der Waals surface area contributed by atoms with Gasteiger partial charge in [-0.1, -0.05) is 39.7 Å². The molecular formula is C21H34N4O2S2. The van der Waals surface area contributed by atoms with Crippen LogP contribution >= 0.6 is 24.0 Å². The molecule has 1 amide bonds. The molecule has 29 heavy (non-hydrogen) atoms. The zero-order chi connectivity index (χ0) is 21.5. The second-order valence-corrected chi connectivity index (χ2v) is 8.07. The van der Waals surface area contributed by atoms with Gasteiger partial charge in [0.25, 0.3) is 5.91 Å². The Morgan fingerprint density at radius 3 is 2.66 bits per heavy atom. The predicted octanol–water partition coefficient (Wildman–Crippen LogP) is 4.12. The molecule has 0 heterocycles. The van der Waals surface area contributed by atoms with Crippen molar-refractivity contribution in [2.45, 2.75) is 44.9 Å². The minimum Gasteiger partial charge on any atom is -0.362 e. The molecule has 1 aromatic rings. The van der Waals surface area contributed by atoms with Crippen LogP contribution in [0.4, 0.5) is 5.69 Å². The molecule has 162 valence electrons. The van der Waals surface area contributed by atoms with Gasteiger partial charge in [0.2, 0.25) is 0 Å². The first-order valence-electron chi connectivity index (χ1n) is 10.2. The topological polar surface area (TPSA) is 76.6 Å². The van der Waals surface area contributed by atoms with Gasteiger partial charge in [0, 0.05) is 29.8 Å². The molecule has 0 aromatic heterocycles. The molecule has 0 aliphatic carbocycles. The number of carbonyl (C=O) groups excluding carboxylic acids is 1. The summed E-state index contributed by atoms with van der Waals surface area (Å²) >= 11 is 7.23. The third kappa shape index (κ3) is 10.7. The molecule has 0 bridgehead atoms. The molecule has 0 atom stereocenters. The van der Waals surface area contributed by atoms with Crippen LogP contribution in [0, 0.1) is 0 Å². The number of rotatable bonds is 13. The van der Waals surface area contributed by atoms with Crippen molar-refractivity contribution in [2.24, 2.45) is 0 Å². The van der Waals surface area contributed by atoms with Gasteiger partial charge < -0.3 is 15.5 Å². The molecular weight excluding hydrogens is 404 g/mol. The summed E-state index contributed by atoms with van der Waals surface area (Å²) in [4.78, 5) is 14.7. The average Bonchev–Trinajstić information content (AvgIpc) is 2.73. The number of amides is 1. The van der Waals surface area contributed by atoms with Crippen LogP contribution in [0.15, 0.2) is 29.2 Å². The van der Waals surface area contributed by atoms with Gasteiger partial charge in [0.05, 0.1) is 5.69 Å². The van der Waals surface area contributed by atoms with Crippen LogP contribution in [0.1, 0.15) is 45.6 Å². The zero-order valence-corrected chi connectivity index (χ0v) is 19.3. The van der Waals surface area contributed by atoms with E-state index in [1.165, 1.54) is 18.9 Å². The maximum atomic E-state index is 11.2. The van der Waals surface area contributed by atoms with Gasteiger partial charge in [-0.05, 0) is 55.5 Å². The molecule has 0 radical (unpaired) electrons. The standard InChI is InChI=1S/C21H34N4O2S2/c1-4-7-8-13-22-21(28)23-18-16-17(10-12-20(26)24-27)9-11-19(18)29-15-14-25(5-2)6-3/h9-12,16,27H,4-8,13-15H2,1-3H3,(H,24,26)(H2,22,23,28)/b12-10+. The van der Waals surface area contributed by atoms with Crippen molar-refractivity contribution in [3.05, 3.63) is 29.8 Å². The van der Waals surface area contributed by atoms with E-state index in [-0.39, 0.29) is 0 Å². The number of thiocarbonyl (C=S) groups is 1. The Kier molecular flexibility index (Phi) is 13.4. The minimum atomic E-state index is -0.565. The van der Waals surface area contributed by atoms with Crippen LogP contribution in [0.5, 0.6) is 0 Å². The van der Waals surface area contributed by atoms with E-state index >= 15 is 0 Å². The lowest BCUT2D eigenvalue weighted by Crippen LogP contribution is -2.29. The van der Waals surface area contributed by atoms with Gasteiger partial charge in [-0.3, -0.25) is 10.0 Å². The second kappa shape index (κ2) is 15.3. The fourth-order valence-electron chi connectivity index (χ4n) is 2.65. The Morgan fingerprint density at radius 1 is 1.24 bits per heavy atom. The van der Waals surface area contributed by atoms with Gasteiger partial charge >= 0.3 is 0 Å². The number of hydrogen-bond donors (Lipinski definition) is 4. The maximum Gasteiger partial charge on any atom is 0.267 e. The van der Waals surface area contributed by atoms with Crippen molar-refractivity contribution >= 4 is 46.8 Å². The highest BCUT2D eigenvalue weighted by Gasteiger charge is 2.08. The summed E-state index contributed by atoms with van der Waals surface area (Å²) in [6, 6.07) is 5.94. The van der Waals surface area contributed by atoms with E-state index in [0.29, 0.717) is 5.11 Å². The van der Waals surface area contributed by atoms with Crippen LogP contribution < -0.4 is 16.1 Å². The van der Waals surface area contributed by atoms with E-state index in [2.05, 4.69) is 36.3 Å². The van der Waals surface area contributed by atoms with E-state index in [9.17, 15) is 4.79 Å². The summed E-state index contributed by atoms with van der Waals surface area (Å²) in [5.74, 6) is 0.417. The first kappa shape index (κ1) is 25.4. The number of benzene rings is 1. The van der Waals surface area contributed by atoms with Crippen molar-refractivity contribution in [3.8, 4) is 0 Å². The number of nitrogens with zero attached hydrogens (tertiary/aromatic N) is 1. The fourth-order valence-corrected chi connectivity index (χ4v) is 3.86. The summed E-state index contributed by atoms with van der Waals surface area (Å²) in [6.07, 6.45) is 6.37. The van der Waals surface area contributed by atoms with Crippen molar-refractivity contribution < 1.29 is 10.0 Å². The molecule has 0 spiro atoms. The molecule has 0 unspecified atom stereocenters. The van der Waals surface area contributed by atoms with E-state index in [1.807, 2.05) is 18.2 Å². The predicted molar refractivity (Wildman–Crippen MR) is 128 cm³/mol. The van der Waals surface area contributed by atoms with Gasteiger partial charge in [-0.25, -0.2) is 5.48 Å². The van der Waals surface area contributed by atoms with E-state index in [0.717, 1.165) is 54.5 Å². The lowest BCUT2D eigenvalue weighted by atomic mass is 10.2. The first-order chi connectivity index (χ1) is 14.0. The third-order valence-electron chi connectivity index (χ3n) is 4.41. The SMILES string of the molecule is CCCCCNC(=S)Nc1cc(/C=C/C(=O)NO)ccc1SCCN(CC)CC. The van der Waals surface area contributed by atoms with Crippen LogP contribution in [0.25, 0.3) is 6.08 Å². The van der Waals surface area contributed by atoms with Crippen molar-refractivity contribution in [2.75, 3.05) is 37.2 Å². The highest BCUT2D eigenvalue weighted by molar-refractivity contribution is 7.99. The summed E-state index contributed by atoms with van der Waals surface area (Å²) in [6.45, 7) is 10.5. The molecule has 0 saturated carbocycles. The highest BCUT2D eigenvalue weighted by atomic mass is 32.2. The van der Waals surface area contributed by atoms with Gasteiger partial charge in [-0.15, -0.1) is 11.8 Å². The van der Waals surface area contributed by atoms with Crippen molar-refractivity contribution in [1.29, 1.82) is 0 Å². The Hall–Kier alpha value is -1.61. The number of hydroxylamine groups is 1. The fraction of sp³-hybridized carbons (Fsp3) is 0.524. The first-order valence-corrected chi connectivity index (χ1v) is 11.6. The molecule has 4 N–H and O–H groups in total. The van der Waals surface area contributed by atoms with Crippen molar-refractivity contribution in [3.63, 3.8) is 0 Å². The number of hydrogen-bond acceptors (Lipinski definition) is 5. The van der Waals surface area contributed by atoms with Crippen LogP contribution in [-0.2, 0) is 4.79 Å². The summed E-state index contributed by atoms with van der Waals surface area (Å²) in [7, 11) is 0. The molecule has 0 aliphatic rings. The Labute approximate surface area is 184 Å². The zero-order valence-electron chi connectivity index (χ0n) is 17.7. The molecule has 0 saturated heterocycles. The van der Waals surface area contributed by atoms with Gasteiger partial charge in [0.15, 0.2) is 5.11 Å². The van der Waals surface area contributed by atoms with Crippen molar-refractivity contribution in [1.82, 2.24) is 15.7 Å². The Morgan fingerprint density at radius 2 is 2.00 bits per heavy atom. The maximum absolute atomic E-state index is 11.2. The quantitative estimate of drug-likeness (QED) is 0.0922. The number of unbranched alkanes of at least 4 members (excludes halogenated alkanes) is 2. The molecule has 6 nitrogen and oxygen atoms in total. The molecule has 8 heteroatoms. The molecule has 0 fully saturated rings. The second-order valence-electron chi connectivity index (χ2n) is 6.53. The number of anilines is 1. The van der Waals surface area contributed by atoms with E-state index in [4.69, 9.17) is 17.4 Å². The highest BCUT2D eigenvalue weighted by Crippen LogP contribution is 2.29. The summed E-state index contributed by atoms with van der Waals surface area (Å²) in [5.41, 5.74) is 3.35. The number of carbonyl (C=O) groups is 1. The number of nitrogens with one attached hydrogen (secondary N) is 3. The van der Waals surface area contributed by atoms with Gasteiger partial charge in [-0.2, -0.15) is 0 Å². The average molecular weight is 439 g/mol. The Bertz CT molecular complexity index is 664. The van der Waals surface area contributed by atoms with E-state index < -0.39 is 5.91 Å². The molecule has 1 aromatic carbocycles. The van der Waals surface area contributed by atoms with Crippen LogP contribution in [-0.4, -0.2) is 53.1 Å². The van der Waals surface area contributed by atoms with Crippen LogP contribution in [0.3, 0.4) is 0 Å². The van der Waals surface area contributed by atoms with Gasteiger partial charge in [0.1, 0.15) is 0 Å². The van der Waals surface area contributed by atoms with Crippen LogP contribution in [0.2, 0.25) is 0 Å². The number of thioether (sulfide) groups is 1. The normalized spacial score (nSPS) is 11.1. The monoisotopic (exact) mass is 438 g/mol. The summed E-state index contributed by atoms with van der Waals surface area (Å²) in [5, 5.41) is 15.8. The Balaban J connectivity index is 2.84. The smallest absolute Gasteiger partial charge is 0.267 e. The third-order valence-corrected chi connectivity index (χ3v) is 5.71. The lowest BCUT2D eigenvalue weighted by Gasteiger charge is -2.19. The summed E-state index contributed by atoms with van der Waals surface area (Å²) < 4.78 is 0. The largest absolute Gasteiger partial charge is 0.362 e. The molecule has 1 rings (SSSR count).